The molecule has 0 amide bonds. The van der Waals surface area contributed by atoms with E-state index in [2.05, 4.69) is 5.92 Å². The second-order valence-electron chi connectivity index (χ2n) is 3.71. The van der Waals surface area contributed by atoms with Gasteiger partial charge in [-0.1, -0.05) is 36.3 Å². The van der Waals surface area contributed by atoms with Gasteiger partial charge in [-0.2, -0.15) is 0 Å². The highest BCUT2D eigenvalue weighted by atomic mass is 16.5. The Morgan fingerprint density at radius 3 is 2.76 bits per heavy atom. The number of hydrogen-bond acceptors (Lipinski definition) is 2. The largest absolute Gasteiger partial charge is 0.480 e. The van der Waals surface area contributed by atoms with Crippen LogP contribution in [0.4, 0.5) is 0 Å². The van der Waals surface area contributed by atoms with Crippen molar-refractivity contribution in [3.05, 3.63) is 42.0 Å². The average Bonchev–Trinajstić information content (AvgIpc) is 2.35. The predicted octanol–water partition coefficient (Wildman–Crippen LogP) is 3.05. The molecular weight excluding hydrogens is 212 g/mol. The molecular formula is C15H12O2. The van der Waals surface area contributed by atoms with E-state index in [-0.39, 0.29) is 12.4 Å². The van der Waals surface area contributed by atoms with E-state index in [1.165, 1.54) is 6.92 Å². The van der Waals surface area contributed by atoms with Gasteiger partial charge in [0.15, 0.2) is 5.78 Å². The van der Waals surface area contributed by atoms with Crippen molar-refractivity contribution < 1.29 is 9.53 Å². The molecule has 2 aromatic carbocycles. The number of fused-ring (bicyclic) bond motifs is 1. The Balaban J connectivity index is 2.66. The van der Waals surface area contributed by atoms with Crippen molar-refractivity contribution in [2.75, 3.05) is 6.61 Å². The highest BCUT2D eigenvalue weighted by Gasteiger charge is 2.11. The van der Waals surface area contributed by atoms with Crippen LogP contribution >= 0.6 is 0 Å². The molecule has 0 aliphatic carbocycles. The van der Waals surface area contributed by atoms with Crippen LogP contribution in [-0.4, -0.2) is 12.4 Å². The smallest absolute Gasteiger partial charge is 0.163 e. The molecule has 0 fully saturated rings. The van der Waals surface area contributed by atoms with Gasteiger partial charge >= 0.3 is 0 Å². The van der Waals surface area contributed by atoms with Crippen molar-refractivity contribution >= 4 is 16.6 Å². The van der Waals surface area contributed by atoms with E-state index in [4.69, 9.17) is 11.2 Å². The summed E-state index contributed by atoms with van der Waals surface area (Å²) in [7, 11) is 0. The number of terminal acetylenes is 1. The minimum absolute atomic E-state index is 0.0252. The van der Waals surface area contributed by atoms with Gasteiger partial charge in [-0.05, 0) is 18.4 Å². The number of hydrogen-bond donors (Lipinski definition) is 0. The lowest BCUT2D eigenvalue weighted by Gasteiger charge is -2.10. The average molecular weight is 224 g/mol. The van der Waals surface area contributed by atoms with E-state index in [0.29, 0.717) is 11.3 Å². The van der Waals surface area contributed by atoms with Crippen molar-refractivity contribution in [3.63, 3.8) is 0 Å². The molecule has 0 aliphatic rings. The molecule has 2 rings (SSSR count). The molecule has 0 bridgehead atoms. The van der Waals surface area contributed by atoms with Gasteiger partial charge in [0.05, 0.1) is 5.56 Å². The SMILES string of the molecule is C#CCOc1c(C(C)=O)ccc2ccccc12. The van der Waals surface area contributed by atoms with Crippen LogP contribution in [0.5, 0.6) is 5.75 Å². The van der Waals surface area contributed by atoms with E-state index in [1.807, 2.05) is 30.3 Å². The van der Waals surface area contributed by atoms with Crippen molar-refractivity contribution in [3.8, 4) is 18.1 Å². The Labute approximate surface area is 100 Å². The maximum Gasteiger partial charge on any atom is 0.163 e. The third kappa shape index (κ3) is 2.14. The van der Waals surface area contributed by atoms with Gasteiger partial charge in [0, 0.05) is 5.39 Å². The topological polar surface area (TPSA) is 26.3 Å². The maximum atomic E-state index is 11.5. The third-order valence-corrected chi connectivity index (χ3v) is 2.56. The van der Waals surface area contributed by atoms with E-state index < -0.39 is 0 Å². The van der Waals surface area contributed by atoms with Gasteiger partial charge in [-0.3, -0.25) is 4.79 Å². The fourth-order valence-corrected chi connectivity index (χ4v) is 1.79. The fourth-order valence-electron chi connectivity index (χ4n) is 1.79. The number of carbonyl (C=O) groups is 1. The number of ketones is 1. The lowest BCUT2D eigenvalue weighted by molar-refractivity contribution is 0.101. The van der Waals surface area contributed by atoms with Crippen LogP contribution in [0.3, 0.4) is 0 Å². The van der Waals surface area contributed by atoms with Gasteiger partial charge in [0.2, 0.25) is 0 Å². The monoisotopic (exact) mass is 224 g/mol. The molecule has 84 valence electrons. The summed E-state index contributed by atoms with van der Waals surface area (Å²) in [5, 5.41) is 1.94. The normalized spacial score (nSPS) is 9.88. The van der Waals surface area contributed by atoms with Gasteiger partial charge < -0.3 is 4.74 Å². The van der Waals surface area contributed by atoms with Gasteiger partial charge in [0.25, 0.3) is 0 Å². The first-order valence-electron chi connectivity index (χ1n) is 5.33. The second-order valence-corrected chi connectivity index (χ2v) is 3.71. The van der Waals surface area contributed by atoms with Crippen LogP contribution in [0.2, 0.25) is 0 Å². The summed E-state index contributed by atoms with van der Waals surface area (Å²) < 4.78 is 5.50. The number of carbonyl (C=O) groups excluding carboxylic acids is 1. The number of Topliss-reactive ketones (excluding diaryl/α,β-unsaturated/α-hetero) is 1. The lowest BCUT2D eigenvalue weighted by Crippen LogP contribution is -2.02. The second kappa shape index (κ2) is 4.71. The molecule has 0 aromatic heterocycles. The number of rotatable bonds is 3. The van der Waals surface area contributed by atoms with Crippen molar-refractivity contribution in [2.45, 2.75) is 6.92 Å². The summed E-state index contributed by atoms with van der Waals surface area (Å²) in [4.78, 5) is 11.5. The first-order chi connectivity index (χ1) is 8.24. The van der Waals surface area contributed by atoms with Crippen LogP contribution < -0.4 is 4.74 Å². The van der Waals surface area contributed by atoms with Crippen LogP contribution in [0.25, 0.3) is 10.8 Å². The standard InChI is InChI=1S/C15H12O2/c1-3-10-17-15-13(11(2)16)9-8-12-6-4-5-7-14(12)15/h1,4-9H,10H2,2H3. The lowest BCUT2D eigenvalue weighted by atomic mass is 10.0. The Bertz CT molecular complexity index is 606. The van der Waals surface area contributed by atoms with Crippen LogP contribution in [0, 0.1) is 12.3 Å². The highest BCUT2D eigenvalue weighted by Crippen LogP contribution is 2.30. The van der Waals surface area contributed by atoms with E-state index in [9.17, 15) is 4.79 Å². The molecule has 0 saturated heterocycles. The third-order valence-electron chi connectivity index (χ3n) is 2.56. The zero-order valence-corrected chi connectivity index (χ0v) is 9.57. The Hall–Kier alpha value is -2.27. The number of ether oxygens (including phenoxy) is 1. The molecule has 0 atom stereocenters. The quantitative estimate of drug-likeness (QED) is 0.591. The molecule has 0 saturated carbocycles. The molecule has 0 spiro atoms. The maximum absolute atomic E-state index is 11.5. The van der Waals surface area contributed by atoms with Crippen LogP contribution in [-0.2, 0) is 0 Å². The molecule has 2 heteroatoms. The minimum atomic E-state index is -0.0252. The van der Waals surface area contributed by atoms with Crippen LogP contribution in [0.1, 0.15) is 17.3 Å². The van der Waals surface area contributed by atoms with Gasteiger partial charge in [0.1, 0.15) is 12.4 Å². The summed E-state index contributed by atoms with van der Waals surface area (Å²) in [6.45, 7) is 1.68. The zero-order valence-electron chi connectivity index (χ0n) is 9.57. The molecule has 2 nitrogen and oxygen atoms in total. The summed E-state index contributed by atoms with van der Waals surface area (Å²) >= 11 is 0. The van der Waals surface area contributed by atoms with Crippen molar-refractivity contribution in [1.82, 2.24) is 0 Å². The summed E-state index contributed by atoms with van der Waals surface area (Å²) in [6.07, 6.45) is 5.19. The first-order valence-corrected chi connectivity index (χ1v) is 5.33. The predicted molar refractivity (Wildman–Crippen MR) is 68.3 cm³/mol. The number of benzene rings is 2. The summed E-state index contributed by atoms with van der Waals surface area (Å²) in [5.41, 5.74) is 0.568. The fraction of sp³-hybridized carbons (Fsp3) is 0.133. The molecule has 17 heavy (non-hydrogen) atoms. The molecule has 2 aromatic rings. The molecule has 0 unspecified atom stereocenters. The minimum Gasteiger partial charge on any atom is -0.480 e. The van der Waals surface area contributed by atoms with Gasteiger partial charge in [-0.15, -0.1) is 6.42 Å². The zero-order chi connectivity index (χ0) is 12.3. The Morgan fingerprint density at radius 2 is 2.06 bits per heavy atom. The molecule has 0 radical (unpaired) electrons. The molecule has 0 aliphatic heterocycles. The summed E-state index contributed by atoms with van der Waals surface area (Å²) in [6, 6.07) is 11.4. The Morgan fingerprint density at radius 1 is 1.29 bits per heavy atom. The summed E-state index contributed by atoms with van der Waals surface area (Å²) in [5.74, 6) is 2.97. The highest BCUT2D eigenvalue weighted by molar-refractivity contribution is 6.03. The van der Waals surface area contributed by atoms with Crippen molar-refractivity contribution in [2.24, 2.45) is 0 Å². The van der Waals surface area contributed by atoms with Crippen molar-refractivity contribution in [1.29, 1.82) is 0 Å². The van der Waals surface area contributed by atoms with E-state index >= 15 is 0 Å². The molecule has 0 N–H and O–H groups in total. The van der Waals surface area contributed by atoms with E-state index in [1.54, 1.807) is 6.07 Å². The van der Waals surface area contributed by atoms with E-state index in [0.717, 1.165) is 10.8 Å². The first kappa shape index (κ1) is 11.2. The van der Waals surface area contributed by atoms with Crippen LogP contribution in [0.15, 0.2) is 36.4 Å². The molecule has 0 heterocycles. The Kier molecular flexibility index (Phi) is 3.11. The van der Waals surface area contributed by atoms with Gasteiger partial charge in [-0.25, -0.2) is 0 Å².